The van der Waals surface area contributed by atoms with E-state index in [9.17, 15) is 4.79 Å². The molecule has 1 heterocycles. The number of nitrogens with zero attached hydrogens (tertiary/aromatic N) is 1. The van der Waals surface area contributed by atoms with Crippen molar-refractivity contribution in [3.05, 3.63) is 41.6 Å². The van der Waals surface area contributed by atoms with E-state index in [1.807, 2.05) is 0 Å². The van der Waals surface area contributed by atoms with Crippen LogP contribution in [0.2, 0.25) is 0 Å². The number of carboxylic acid groups (broad SMARTS) is 1. The molecule has 2 rings (SSSR count). The number of ether oxygens (including phenoxy) is 2. The molecule has 6 nitrogen and oxygen atoms in total. The molecule has 1 aromatic heterocycles. The van der Waals surface area contributed by atoms with Crippen LogP contribution in [0.5, 0.6) is 11.5 Å². The molecule has 0 aliphatic rings. The first-order valence-electron chi connectivity index (χ1n) is 5.56. The van der Waals surface area contributed by atoms with Gasteiger partial charge >= 0.3 is 5.97 Å². The molecule has 0 amide bonds. The number of benzene rings is 1. The van der Waals surface area contributed by atoms with Crippen molar-refractivity contribution in [3.8, 4) is 11.5 Å². The molecule has 100 valence electrons. The highest BCUT2D eigenvalue weighted by atomic mass is 16.5. The Hall–Kier alpha value is -2.50. The van der Waals surface area contributed by atoms with E-state index in [4.69, 9.17) is 19.0 Å². The average Bonchev–Trinajstić information content (AvgIpc) is 2.78. The van der Waals surface area contributed by atoms with Crippen LogP contribution in [0.4, 0.5) is 0 Å². The summed E-state index contributed by atoms with van der Waals surface area (Å²) >= 11 is 0. The van der Waals surface area contributed by atoms with Gasteiger partial charge in [0.15, 0.2) is 6.61 Å². The van der Waals surface area contributed by atoms with Crippen molar-refractivity contribution in [1.82, 2.24) is 4.98 Å². The zero-order chi connectivity index (χ0) is 13.8. The maximum absolute atomic E-state index is 10.8. The van der Waals surface area contributed by atoms with E-state index < -0.39 is 5.97 Å². The van der Waals surface area contributed by atoms with Crippen molar-refractivity contribution >= 4 is 5.97 Å². The summed E-state index contributed by atoms with van der Waals surface area (Å²) < 4.78 is 15.5. The maximum atomic E-state index is 10.8. The second kappa shape index (κ2) is 5.43. The number of oxazole rings is 1. The molecule has 19 heavy (non-hydrogen) atoms. The quantitative estimate of drug-likeness (QED) is 0.891. The summed E-state index contributed by atoms with van der Waals surface area (Å²) in [5.41, 5.74) is 0.334. The normalized spacial score (nSPS) is 10.2. The fourth-order valence-corrected chi connectivity index (χ4v) is 1.53. The van der Waals surface area contributed by atoms with E-state index in [0.717, 1.165) is 5.75 Å². The van der Waals surface area contributed by atoms with Crippen molar-refractivity contribution in [3.63, 3.8) is 0 Å². The monoisotopic (exact) mass is 263 g/mol. The average molecular weight is 263 g/mol. The van der Waals surface area contributed by atoms with Crippen LogP contribution in [0.3, 0.4) is 0 Å². The summed E-state index contributed by atoms with van der Waals surface area (Å²) in [4.78, 5) is 14.8. The second-order valence-corrected chi connectivity index (χ2v) is 3.79. The molecule has 0 aliphatic carbocycles. The minimum Gasteiger partial charge on any atom is -0.497 e. The van der Waals surface area contributed by atoms with E-state index in [-0.39, 0.29) is 18.3 Å². The molecule has 0 radical (unpaired) electrons. The van der Waals surface area contributed by atoms with Crippen LogP contribution < -0.4 is 9.47 Å². The molecular formula is C13H13NO5. The third-order valence-corrected chi connectivity index (χ3v) is 2.46. The number of carbonyl (C=O) groups is 1. The lowest BCUT2D eigenvalue weighted by Gasteiger charge is -2.04. The number of methoxy groups -OCH3 is 1. The highest BCUT2D eigenvalue weighted by molar-refractivity contribution is 5.85. The minimum absolute atomic E-state index is 0.0699. The first-order chi connectivity index (χ1) is 9.10. The summed E-state index contributed by atoms with van der Waals surface area (Å²) in [6.45, 7) is 1.64. The lowest BCUT2D eigenvalue weighted by molar-refractivity contribution is 0.0657. The van der Waals surface area contributed by atoms with Crippen LogP contribution in [0.15, 0.2) is 28.7 Å². The number of hydrogen-bond acceptors (Lipinski definition) is 5. The topological polar surface area (TPSA) is 81.8 Å². The Morgan fingerprint density at radius 1 is 1.32 bits per heavy atom. The lowest BCUT2D eigenvalue weighted by Crippen LogP contribution is -1.96. The largest absolute Gasteiger partial charge is 0.497 e. The highest BCUT2D eigenvalue weighted by Crippen LogP contribution is 2.18. The van der Waals surface area contributed by atoms with E-state index in [1.165, 1.54) is 0 Å². The Morgan fingerprint density at radius 2 is 1.95 bits per heavy atom. The van der Waals surface area contributed by atoms with Crippen LogP contribution in [-0.4, -0.2) is 23.2 Å². The number of aromatic nitrogens is 1. The smallest absolute Gasteiger partial charge is 0.373 e. The Kier molecular flexibility index (Phi) is 3.70. The molecule has 0 saturated carbocycles. The number of aromatic carboxylic acids is 1. The third kappa shape index (κ3) is 3.04. The molecule has 1 aromatic carbocycles. The summed E-state index contributed by atoms with van der Waals surface area (Å²) in [5.74, 6) is 0.278. The lowest BCUT2D eigenvalue weighted by atomic mass is 10.3. The van der Waals surface area contributed by atoms with Gasteiger partial charge in [-0.05, 0) is 31.2 Å². The van der Waals surface area contributed by atoms with Gasteiger partial charge in [0.25, 0.3) is 0 Å². The van der Waals surface area contributed by atoms with Crippen LogP contribution >= 0.6 is 0 Å². The third-order valence-electron chi connectivity index (χ3n) is 2.46. The molecule has 0 aliphatic heterocycles. The predicted octanol–water partition coefficient (Wildman–Crippen LogP) is 2.27. The van der Waals surface area contributed by atoms with Crippen LogP contribution in [0.1, 0.15) is 22.1 Å². The summed E-state index contributed by atoms with van der Waals surface area (Å²) in [7, 11) is 1.58. The summed E-state index contributed by atoms with van der Waals surface area (Å²) in [5, 5.41) is 8.83. The second-order valence-electron chi connectivity index (χ2n) is 3.79. The number of carboxylic acids is 1. The van der Waals surface area contributed by atoms with Crippen molar-refractivity contribution in [2.45, 2.75) is 13.5 Å². The maximum Gasteiger partial charge on any atom is 0.373 e. The van der Waals surface area contributed by atoms with Crippen molar-refractivity contribution in [1.29, 1.82) is 0 Å². The van der Waals surface area contributed by atoms with Crippen LogP contribution in [0.25, 0.3) is 0 Å². The fourth-order valence-electron chi connectivity index (χ4n) is 1.53. The SMILES string of the molecule is COc1ccc(OCc2nc(C)c(C(=O)O)o2)cc1. The van der Waals surface area contributed by atoms with Gasteiger partial charge in [-0.25, -0.2) is 9.78 Å². The molecule has 6 heteroatoms. The molecule has 1 N–H and O–H groups in total. The Bertz CT molecular complexity index is 573. The zero-order valence-electron chi connectivity index (χ0n) is 10.5. The van der Waals surface area contributed by atoms with E-state index in [1.54, 1.807) is 38.3 Å². The van der Waals surface area contributed by atoms with Crippen LogP contribution in [0, 0.1) is 6.92 Å². The van der Waals surface area contributed by atoms with Crippen molar-refractivity contribution in [2.75, 3.05) is 7.11 Å². The molecule has 0 saturated heterocycles. The van der Waals surface area contributed by atoms with Crippen molar-refractivity contribution in [2.24, 2.45) is 0 Å². The van der Waals surface area contributed by atoms with Gasteiger partial charge in [0.05, 0.1) is 12.8 Å². The van der Waals surface area contributed by atoms with Gasteiger partial charge in [-0.3, -0.25) is 0 Å². The summed E-state index contributed by atoms with van der Waals surface area (Å²) in [6.07, 6.45) is 0. The van der Waals surface area contributed by atoms with E-state index in [2.05, 4.69) is 4.98 Å². The van der Waals surface area contributed by atoms with Crippen LogP contribution in [-0.2, 0) is 6.61 Å². The van der Waals surface area contributed by atoms with Crippen molar-refractivity contribution < 1.29 is 23.8 Å². The summed E-state index contributed by atoms with van der Waals surface area (Å²) in [6, 6.07) is 7.01. The number of rotatable bonds is 5. The standard InChI is InChI=1S/C13H13NO5/c1-8-12(13(15)16)19-11(14-8)7-18-10-5-3-9(17-2)4-6-10/h3-6H,7H2,1-2H3,(H,15,16). The molecule has 0 fully saturated rings. The van der Waals surface area contributed by atoms with Gasteiger partial charge in [0.1, 0.15) is 11.5 Å². The fraction of sp³-hybridized carbons (Fsp3) is 0.231. The Balaban J connectivity index is 2.01. The molecule has 0 bridgehead atoms. The van der Waals surface area contributed by atoms with Gasteiger partial charge in [0.2, 0.25) is 11.7 Å². The Morgan fingerprint density at radius 3 is 2.47 bits per heavy atom. The molecule has 2 aromatic rings. The number of aryl methyl sites for hydroxylation is 1. The zero-order valence-corrected chi connectivity index (χ0v) is 10.5. The van der Waals surface area contributed by atoms with Gasteiger partial charge in [-0.15, -0.1) is 0 Å². The van der Waals surface area contributed by atoms with E-state index in [0.29, 0.717) is 11.4 Å². The first-order valence-corrected chi connectivity index (χ1v) is 5.56. The van der Waals surface area contributed by atoms with Gasteiger partial charge in [0, 0.05) is 0 Å². The molecular weight excluding hydrogens is 250 g/mol. The Labute approximate surface area is 109 Å². The van der Waals surface area contributed by atoms with Gasteiger partial charge in [-0.1, -0.05) is 0 Å². The molecule has 0 unspecified atom stereocenters. The predicted molar refractivity (Wildman–Crippen MR) is 65.5 cm³/mol. The van der Waals surface area contributed by atoms with E-state index >= 15 is 0 Å². The van der Waals surface area contributed by atoms with Gasteiger partial charge in [-0.2, -0.15) is 0 Å². The molecule has 0 spiro atoms. The highest BCUT2D eigenvalue weighted by Gasteiger charge is 2.16. The first kappa shape index (κ1) is 12.9. The van der Waals surface area contributed by atoms with Gasteiger partial charge < -0.3 is 19.0 Å². The number of hydrogen-bond donors (Lipinski definition) is 1. The minimum atomic E-state index is -1.14. The molecule has 0 atom stereocenters.